The van der Waals surface area contributed by atoms with Crippen molar-refractivity contribution in [1.29, 1.82) is 0 Å². The van der Waals surface area contributed by atoms with E-state index in [2.05, 4.69) is 5.32 Å². The van der Waals surface area contributed by atoms with Crippen molar-refractivity contribution in [2.24, 2.45) is 0 Å². The molecule has 4 nitrogen and oxygen atoms in total. The van der Waals surface area contributed by atoms with E-state index in [0.717, 1.165) is 0 Å². The zero-order valence-corrected chi connectivity index (χ0v) is 11.2. The molecule has 0 saturated heterocycles. The van der Waals surface area contributed by atoms with Gasteiger partial charge in [-0.1, -0.05) is 11.6 Å². The standard InChI is InChI=1S/C14H11ClFNO3/c1-20-13-7-9(16)3-5-12(13)17-11-4-2-8(15)6-10(11)14(18)19/h2-7,17H,1H3,(H,18,19). The van der Waals surface area contributed by atoms with Crippen molar-refractivity contribution < 1.29 is 19.0 Å². The third-order valence-electron chi connectivity index (χ3n) is 2.64. The summed E-state index contributed by atoms with van der Waals surface area (Å²) >= 11 is 5.78. The van der Waals surface area contributed by atoms with Gasteiger partial charge in [0.2, 0.25) is 0 Å². The number of carboxylic acid groups (broad SMARTS) is 1. The first-order chi connectivity index (χ1) is 9.51. The number of anilines is 2. The predicted octanol–water partition coefficient (Wildman–Crippen LogP) is 3.93. The summed E-state index contributed by atoms with van der Waals surface area (Å²) in [5, 5.41) is 12.4. The molecule has 2 aromatic carbocycles. The Morgan fingerprint density at radius 1 is 1.25 bits per heavy atom. The second kappa shape index (κ2) is 5.79. The quantitative estimate of drug-likeness (QED) is 0.897. The number of carboxylic acids is 1. The molecule has 0 amide bonds. The second-order valence-corrected chi connectivity index (χ2v) is 4.40. The first kappa shape index (κ1) is 14.1. The van der Waals surface area contributed by atoms with Gasteiger partial charge in [0.05, 0.1) is 24.0 Å². The van der Waals surface area contributed by atoms with Gasteiger partial charge in [-0.2, -0.15) is 0 Å². The van der Waals surface area contributed by atoms with E-state index in [4.69, 9.17) is 21.4 Å². The molecule has 0 saturated carbocycles. The van der Waals surface area contributed by atoms with Gasteiger partial charge in [-0.25, -0.2) is 9.18 Å². The van der Waals surface area contributed by atoms with Gasteiger partial charge < -0.3 is 15.2 Å². The lowest BCUT2D eigenvalue weighted by molar-refractivity contribution is 0.0698. The van der Waals surface area contributed by atoms with E-state index in [1.807, 2.05) is 0 Å². The van der Waals surface area contributed by atoms with Crippen LogP contribution in [0.5, 0.6) is 5.75 Å². The zero-order chi connectivity index (χ0) is 14.7. The molecule has 0 aliphatic heterocycles. The molecule has 2 rings (SSSR count). The van der Waals surface area contributed by atoms with Crippen LogP contribution in [0, 0.1) is 5.82 Å². The van der Waals surface area contributed by atoms with Gasteiger partial charge in [-0.05, 0) is 30.3 Å². The molecule has 0 aromatic heterocycles. The van der Waals surface area contributed by atoms with E-state index < -0.39 is 11.8 Å². The molecule has 0 spiro atoms. The first-order valence-electron chi connectivity index (χ1n) is 5.64. The average molecular weight is 296 g/mol. The number of nitrogens with one attached hydrogen (secondary N) is 1. The minimum Gasteiger partial charge on any atom is -0.494 e. The topological polar surface area (TPSA) is 58.6 Å². The summed E-state index contributed by atoms with van der Waals surface area (Å²) < 4.78 is 18.2. The summed E-state index contributed by atoms with van der Waals surface area (Å²) in [5.41, 5.74) is 0.814. The van der Waals surface area contributed by atoms with Gasteiger partial charge in [0, 0.05) is 11.1 Å². The molecule has 0 atom stereocenters. The van der Waals surface area contributed by atoms with Crippen molar-refractivity contribution in [2.45, 2.75) is 0 Å². The first-order valence-corrected chi connectivity index (χ1v) is 6.02. The van der Waals surface area contributed by atoms with Crippen molar-refractivity contribution in [2.75, 3.05) is 12.4 Å². The highest BCUT2D eigenvalue weighted by molar-refractivity contribution is 6.31. The number of benzene rings is 2. The summed E-state index contributed by atoms with van der Waals surface area (Å²) in [6.07, 6.45) is 0. The number of carbonyl (C=O) groups is 1. The molecule has 104 valence electrons. The molecule has 6 heteroatoms. The maximum absolute atomic E-state index is 13.1. The van der Waals surface area contributed by atoms with Crippen molar-refractivity contribution in [1.82, 2.24) is 0 Å². The van der Waals surface area contributed by atoms with Gasteiger partial charge in [-0.3, -0.25) is 0 Å². The Labute approximate surface area is 119 Å². The van der Waals surface area contributed by atoms with E-state index in [1.165, 1.54) is 37.4 Å². The molecule has 2 aromatic rings. The smallest absolute Gasteiger partial charge is 0.337 e. The van der Waals surface area contributed by atoms with E-state index in [-0.39, 0.29) is 11.3 Å². The number of halogens is 2. The number of methoxy groups -OCH3 is 1. The number of hydrogen-bond donors (Lipinski definition) is 2. The van der Waals surface area contributed by atoms with Crippen LogP contribution in [0.3, 0.4) is 0 Å². The molecule has 0 bridgehead atoms. The molecule has 0 heterocycles. The van der Waals surface area contributed by atoms with Crippen LogP contribution >= 0.6 is 11.6 Å². The number of rotatable bonds is 4. The lowest BCUT2D eigenvalue weighted by Crippen LogP contribution is -2.03. The Balaban J connectivity index is 2.42. The summed E-state index contributed by atoms with van der Waals surface area (Å²) in [5.74, 6) is -1.28. The van der Waals surface area contributed by atoms with Crippen molar-refractivity contribution >= 4 is 28.9 Å². The lowest BCUT2D eigenvalue weighted by atomic mass is 10.1. The third-order valence-corrected chi connectivity index (χ3v) is 2.88. The minimum absolute atomic E-state index is 0.0175. The summed E-state index contributed by atoms with van der Waals surface area (Å²) in [7, 11) is 1.40. The fourth-order valence-corrected chi connectivity index (χ4v) is 1.89. The molecule has 0 aliphatic rings. The Morgan fingerprint density at radius 2 is 1.95 bits per heavy atom. The fraction of sp³-hybridized carbons (Fsp3) is 0.0714. The second-order valence-electron chi connectivity index (χ2n) is 3.96. The molecule has 0 unspecified atom stereocenters. The van der Waals surface area contributed by atoms with Crippen LogP contribution in [0.4, 0.5) is 15.8 Å². The molecule has 0 fully saturated rings. The fourth-order valence-electron chi connectivity index (χ4n) is 1.72. The number of ether oxygens (including phenoxy) is 1. The van der Waals surface area contributed by atoms with Crippen LogP contribution in [-0.2, 0) is 0 Å². The van der Waals surface area contributed by atoms with Crippen molar-refractivity contribution in [3.8, 4) is 5.75 Å². The lowest BCUT2D eigenvalue weighted by Gasteiger charge is -2.13. The normalized spacial score (nSPS) is 10.2. The maximum Gasteiger partial charge on any atom is 0.337 e. The van der Waals surface area contributed by atoms with Crippen LogP contribution in [0.1, 0.15) is 10.4 Å². The van der Waals surface area contributed by atoms with E-state index in [9.17, 15) is 9.18 Å². The molecular weight excluding hydrogens is 285 g/mol. The van der Waals surface area contributed by atoms with Gasteiger partial charge in [0.1, 0.15) is 11.6 Å². The molecule has 0 aliphatic carbocycles. The highest BCUT2D eigenvalue weighted by atomic mass is 35.5. The van der Waals surface area contributed by atoms with Crippen molar-refractivity contribution in [3.63, 3.8) is 0 Å². The molecule has 2 N–H and O–H groups in total. The predicted molar refractivity (Wildman–Crippen MR) is 74.6 cm³/mol. The average Bonchev–Trinajstić information content (AvgIpc) is 2.42. The van der Waals surface area contributed by atoms with Crippen LogP contribution in [0.2, 0.25) is 5.02 Å². The minimum atomic E-state index is -1.11. The van der Waals surface area contributed by atoms with Crippen LogP contribution in [-0.4, -0.2) is 18.2 Å². The Kier molecular flexibility index (Phi) is 4.10. The van der Waals surface area contributed by atoms with Crippen LogP contribution < -0.4 is 10.1 Å². The zero-order valence-electron chi connectivity index (χ0n) is 10.5. The SMILES string of the molecule is COc1cc(F)ccc1Nc1ccc(Cl)cc1C(=O)O. The Hall–Kier alpha value is -2.27. The Morgan fingerprint density at radius 3 is 2.60 bits per heavy atom. The Bertz CT molecular complexity index is 661. The molecule has 0 radical (unpaired) electrons. The summed E-state index contributed by atoms with van der Waals surface area (Å²) in [6.45, 7) is 0. The van der Waals surface area contributed by atoms with E-state index in [0.29, 0.717) is 16.4 Å². The summed E-state index contributed by atoms with van der Waals surface area (Å²) in [6, 6.07) is 8.36. The largest absolute Gasteiger partial charge is 0.494 e. The number of aromatic carboxylic acids is 1. The van der Waals surface area contributed by atoms with Crippen LogP contribution in [0.25, 0.3) is 0 Å². The van der Waals surface area contributed by atoms with Gasteiger partial charge in [-0.15, -0.1) is 0 Å². The molecule has 20 heavy (non-hydrogen) atoms. The van der Waals surface area contributed by atoms with Crippen molar-refractivity contribution in [3.05, 3.63) is 52.8 Å². The maximum atomic E-state index is 13.1. The number of hydrogen-bond acceptors (Lipinski definition) is 3. The van der Waals surface area contributed by atoms with Gasteiger partial charge >= 0.3 is 5.97 Å². The third kappa shape index (κ3) is 3.00. The van der Waals surface area contributed by atoms with Gasteiger partial charge in [0.25, 0.3) is 0 Å². The van der Waals surface area contributed by atoms with E-state index in [1.54, 1.807) is 6.07 Å². The molecular formula is C14H11ClFNO3. The van der Waals surface area contributed by atoms with Gasteiger partial charge in [0.15, 0.2) is 0 Å². The summed E-state index contributed by atoms with van der Waals surface area (Å²) in [4.78, 5) is 11.2. The highest BCUT2D eigenvalue weighted by Crippen LogP contribution is 2.30. The monoisotopic (exact) mass is 295 g/mol. The highest BCUT2D eigenvalue weighted by Gasteiger charge is 2.13. The van der Waals surface area contributed by atoms with E-state index >= 15 is 0 Å². The van der Waals surface area contributed by atoms with Crippen LogP contribution in [0.15, 0.2) is 36.4 Å².